The standard InChI is InChI=1S/C21H36N6O/c1-15-20(24-14-23-15)13-26-8-6-17(7-9-26)25-21(28)10-18-4-5-19(11-22)27(18)12-16-2-3-16/h14,16-19H,2-13,22H2,1H3,(H,23,24)(H,25,28)/t18-,19+/m0/s1. The van der Waals surface area contributed by atoms with E-state index in [9.17, 15) is 4.79 Å². The van der Waals surface area contributed by atoms with Crippen molar-refractivity contribution in [2.24, 2.45) is 11.7 Å². The van der Waals surface area contributed by atoms with Crippen LogP contribution in [0.4, 0.5) is 0 Å². The number of rotatable bonds is 8. The number of amides is 1. The average molecular weight is 389 g/mol. The molecule has 7 nitrogen and oxygen atoms in total. The van der Waals surface area contributed by atoms with Crippen LogP contribution in [-0.4, -0.2) is 70.0 Å². The highest BCUT2D eigenvalue weighted by Crippen LogP contribution is 2.35. The first-order valence-corrected chi connectivity index (χ1v) is 11.1. The Morgan fingerprint density at radius 2 is 1.96 bits per heavy atom. The third kappa shape index (κ3) is 4.93. The fourth-order valence-corrected chi connectivity index (χ4v) is 4.88. The SMILES string of the molecule is Cc1[nH]cnc1CN1CCC(NC(=O)C[C@@H]2CC[C@H](CN)N2CC2CC2)CC1. The first kappa shape index (κ1) is 19.9. The Hall–Kier alpha value is -1.44. The van der Waals surface area contributed by atoms with Crippen LogP contribution >= 0.6 is 0 Å². The molecule has 0 radical (unpaired) electrons. The Balaban J connectivity index is 1.20. The summed E-state index contributed by atoms with van der Waals surface area (Å²) in [5.74, 6) is 1.07. The van der Waals surface area contributed by atoms with Gasteiger partial charge in [0.15, 0.2) is 0 Å². The maximum absolute atomic E-state index is 12.7. The minimum Gasteiger partial charge on any atom is -0.353 e. The summed E-state index contributed by atoms with van der Waals surface area (Å²) in [6.45, 7) is 6.87. The number of H-pyrrole nitrogens is 1. The second-order valence-electron chi connectivity index (χ2n) is 9.06. The zero-order valence-electron chi connectivity index (χ0n) is 17.2. The minimum absolute atomic E-state index is 0.227. The lowest BCUT2D eigenvalue weighted by atomic mass is 10.0. The highest BCUT2D eigenvalue weighted by molar-refractivity contribution is 5.77. The van der Waals surface area contributed by atoms with E-state index in [-0.39, 0.29) is 5.91 Å². The molecule has 1 aromatic heterocycles. The van der Waals surface area contributed by atoms with Crippen molar-refractivity contribution in [3.8, 4) is 0 Å². The predicted octanol–water partition coefficient (Wildman–Crippen LogP) is 1.39. The molecule has 2 saturated heterocycles. The first-order valence-electron chi connectivity index (χ1n) is 11.1. The van der Waals surface area contributed by atoms with Gasteiger partial charge in [-0.2, -0.15) is 0 Å². The van der Waals surface area contributed by atoms with Gasteiger partial charge in [0.2, 0.25) is 5.91 Å². The molecule has 1 saturated carbocycles. The number of imidazole rings is 1. The van der Waals surface area contributed by atoms with Gasteiger partial charge in [-0.05, 0) is 51.4 Å². The molecule has 3 fully saturated rings. The highest BCUT2D eigenvalue weighted by atomic mass is 16.1. The van der Waals surface area contributed by atoms with Crippen molar-refractivity contribution in [3.05, 3.63) is 17.7 Å². The molecule has 1 aromatic rings. The molecule has 7 heteroatoms. The fraction of sp³-hybridized carbons (Fsp3) is 0.810. The van der Waals surface area contributed by atoms with Gasteiger partial charge >= 0.3 is 0 Å². The van der Waals surface area contributed by atoms with Gasteiger partial charge in [0.05, 0.1) is 12.0 Å². The molecule has 4 rings (SSSR count). The Morgan fingerprint density at radius 3 is 2.61 bits per heavy atom. The summed E-state index contributed by atoms with van der Waals surface area (Å²) >= 11 is 0. The van der Waals surface area contributed by atoms with Crippen LogP contribution in [0.2, 0.25) is 0 Å². The van der Waals surface area contributed by atoms with Crippen LogP contribution in [0.5, 0.6) is 0 Å². The van der Waals surface area contributed by atoms with Crippen LogP contribution < -0.4 is 11.1 Å². The van der Waals surface area contributed by atoms with E-state index >= 15 is 0 Å². The molecular formula is C21H36N6O. The molecule has 0 aromatic carbocycles. The number of aromatic amines is 1. The van der Waals surface area contributed by atoms with Crippen LogP contribution in [0.25, 0.3) is 0 Å². The van der Waals surface area contributed by atoms with Crippen molar-refractivity contribution in [3.63, 3.8) is 0 Å². The average Bonchev–Trinajstić information content (AvgIpc) is 3.31. The molecular weight excluding hydrogens is 352 g/mol. The maximum Gasteiger partial charge on any atom is 0.221 e. The lowest BCUT2D eigenvalue weighted by Crippen LogP contribution is -2.47. The van der Waals surface area contributed by atoms with E-state index in [2.05, 4.69) is 32.0 Å². The van der Waals surface area contributed by atoms with Crippen LogP contribution in [0, 0.1) is 12.8 Å². The normalized spacial score (nSPS) is 27.4. The Bertz CT molecular complexity index is 649. The highest BCUT2D eigenvalue weighted by Gasteiger charge is 2.37. The van der Waals surface area contributed by atoms with Crippen LogP contribution in [-0.2, 0) is 11.3 Å². The van der Waals surface area contributed by atoms with E-state index in [1.807, 2.05) is 0 Å². The summed E-state index contributed by atoms with van der Waals surface area (Å²) in [4.78, 5) is 25.2. The number of hydrogen-bond acceptors (Lipinski definition) is 5. The molecule has 0 unspecified atom stereocenters. The number of nitrogens with one attached hydrogen (secondary N) is 2. The molecule has 3 aliphatic rings. The lowest BCUT2D eigenvalue weighted by molar-refractivity contribution is -0.123. The zero-order chi connectivity index (χ0) is 19.5. The number of carbonyl (C=O) groups excluding carboxylic acids is 1. The fourth-order valence-electron chi connectivity index (χ4n) is 4.88. The third-order valence-corrected chi connectivity index (χ3v) is 6.89. The van der Waals surface area contributed by atoms with Crippen molar-refractivity contribution >= 4 is 5.91 Å². The van der Waals surface area contributed by atoms with Gasteiger partial charge in [-0.1, -0.05) is 0 Å². The third-order valence-electron chi connectivity index (χ3n) is 6.89. The summed E-state index contributed by atoms with van der Waals surface area (Å²) in [6.07, 6.45) is 9.41. The van der Waals surface area contributed by atoms with E-state index in [1.165, 1.54) is 12.8 Å². The van der Waals surface area contributed by atoms with Crippen molar-refractivity contribution in [1.82, 2.24) is 25.1 Å². The topological polar surface area (TPSA) is 90.3 Å². The molecule has 1 amide bonds. The van der Waals surface area contributed by atoms with E-state index in [1.54, 1.807) is 6.33 Å². The monoisotopic (exact) mass is 388 g/mol. The molecule has 2 aliphatic heterocycles. The van der Waals surface area contributed by atoms with E-state index in [4.69, 9.17) is 5.73 Å². The van der Waals surface area contributed by atoms with Crippen molar-refractivity contribution in [2.45, 2.75) is 76.5 Å². The Labute approximate surface area is 168 Å². The number of aryl methyl sites for hydroxylation is 1. The largest absolute Gasteiger partial charge is 0.353 e. The van der Waals surface area contributed by atoms with E-state index in [0.717, 1.165) is 75.7 Å². The summed E-state index contributed by atoms with van der Waals surface area (Å²) < 4.78 is 0. The van der Waals surface area contributed by atoms with E-state index < -0.39 is 0 Å². The molecule has 156 valence electrons. The zero-order valence-corrected chi connectivity index (χ0v) is 17.2. The molecule has 2 atom stereocenters. The first-order chi connectivity index (χ1) is 13.6. The van der Waals surface area contributed by atoms with Gasteiger partial charge in [-0.15, -0.1) is 0 Å². The number of nitrogens with zero attached hydrogens (tertiary/aromatic N) is 3. The number of likely N-dealkylation sites (tertiary alicyclic amines) is 2. The molecule has 0 bridgehead atoms. The summed E-state index contributed by atoms with van der Waals surface area (Å²) in [6, 6.07) is 1.18. The summed E-state index contributed by atoms with van der Waals surface area (Å²) in [5, 5.41) is 3.31. The maximum atomic E-state index is 12.7. The number of nitrogens with two attached hydrogens (primary N) is 1. The van der Waals surface area contributed by atoms with Gasteiger partial charge < -0.3 is 16.0 Å². The van der Waals surface area contributed by atoms with Gasteiger partial charge in [0, 0.05) is 63.0 Å². The minimum atomic E-state index is 0.227. The molecule has 4 N–H and O–H groups in total. The predicted molar refractivity (Wildman–Crippen MR) is 110 cm³/mol. The number of aromatic nitrogens is 2. The van der Waals surface area contributed by atoms with Crippen LogP contribution in [0.3, 0.4) is 0 Å². The second-order valence-corrected chi connectivity index (χ2v) is 9.06. The number of hydrogen-bond donors (Lipinski definition) is 3. The van der Waals surface area contributed by atoms with Crippen LogP contribution in [0.1, 0.15) is 56.3 Å². The van der Waals surface area contributed by atoms with Crippen LogP contribution in [0.15, 0.2) is 6.33 Å². The second kappa shape index (κ2) is 8.93. The summed E-state index contributed by atoms with van der Waals surface area (Å²) in [5.41, 5.74) is 8.26. The number of piperidine rings is 1. The van der Waals surface area contributed by atoms with Crippen molar-refractivity contribution in [1.29, 1.82) is 0 Å². The lowest BCUT2D eigenvalue weighted by Gasteiger charge is -2.33. The summed E-state index contributed by atoms with van der Waals surface area (Å²) in [7, 11) is 0. The molecule has 28 heavy (non-hydrogen) atoms. The van der Waals surface area contributed by atoms with Crippen molar-refractivity contribution < 1.29 is 4.79 Å². The van der Waals surface area contributed by atoms with Gasteiger partial charge in [-0.25, -0.2) is 4.98 Å². The van der Waals surface area contributed by atoms with Gasteiger partial charge in [0.25, 0.3) is 0 Å². The Morgan fingerprint density at radius 1 is 1.21 bits per heavy atom. The van der Waals surface area contributed by atoms with Crippen molar-refractivity contribution in [2.75, 3.05) is 26.2 Å². The van der Waals surface area contributed by atoms with Gasteiger partial charge in [0.1, 0.15) is 0 Å². The molecule has 1 aliphatic carbocycles. The van der Waals surface area contributed by atoms with Gasteiger partial charge in [-0.3, -0.25) is 14.6 Å². The molecule has 3 heterocycles. The quantitative estimate of drug-likeness (QED) is 0.626. The molecule has 0 spiro atoms. The van der Waals surface area contributed by atoms with E-state index in [0.29, 0.717) is 24.5 Å². The number of carbonyl (C=O) groups is 1. The smallest absolute Gasteiger partial charge is 0.221 e. The Kier molecular flexibility index (Phi) is 6.33.